The molecule has 1 atom stereocenters. The average molecular weight is 499 g/mol. The number of rotatable bonds is 9. The Morgan fingerprint density at radius 1 is 1.14 bits per heavy atom. The van der Waals surface area contributed by atoms with Crippen LogP contribution in [0.15, 0.2) is 64.1 Å². The highest BCUT2D eigenvalue weighted by atomic mass is 35.5. The topological polar surface area (TPSA) is 136 Å². The quantitative estimate of drug-likeness (QED) is 0.254. The summed E-state index contributed by atoms with van der Waals surface area (Å²) in [4.78, 5) is 36.0. The molecule has 182 valence electrons. The minimum Gasteiger partial charge on any atom is -0.497 e. The Morgan fingerprint density at radius 2 is 1.86 bits per heavy atom. The van der Waals surface area contributed by atoms with Crippen molar-refractivity contribution in [3.63, 3.8) is 0 Å². The monoisotopic (exact) mass is 498 g/mol. The van der Waals surface area contributed by atoms with Crippen LogP contribution in [0.2, 0.25) is 5.02 Å². The SMILES string of the molecule is COc1ccc(-c2ccc(C=NNC(=O)C(NC(=O)c3ccc(Cl)cc3)C(C)C)o2)c([N+](=O)[O-])c1. The molecule has 0 fully saturated rings. The third-order valence-corrected chi connectivity index (χ3v) is 5.25. The lowest BCUT2D eigenvalue weighted by atomic mass is 10.0. The Morgan fingerprint density at radius 3 is 2.49 bits per heavy atom. The van der Waals surface area contributed by atoms with Gasteiger partial charge in [0.15, 0.2) is 0 Å². The van der Waals surface area contributed by atoms with Crippen LogP contribution >= 0.6 is 11.6 Å². The summed E-state index contributed by atoms with van der Waals surface area (Å²) in [6.45, 7) is 3.58. The maximum atomic E-state index is 12.6. The van der Waals surface area contributed by atoms with Crippen LogP contribution in [0, 0.1) is 16.0 Å². The minimum atomic E-state index is -0.843. The first-order valence-corrected chi connectivity index (χ1v) is 10.9. The number of nitro benzene ring substituents is 1. The molecule has 0 aliphatic heterocycles. The first-order valence-electron chi connectivity index (χ1n) is 10.5. The molecule has 3 rings (SSSR count). The van der Waals surface area contributed by atoms with E-state index in [-0.39, 0.29) is 28.7 Å². The predicted octanol–water partition coefficient (Wildman–Crippen LogP) is 4.42. The molecule has 2 amide bonds. The summed E-state index contributed by atoms with van der Waals surface area (Å²) in [6, 6.07) is 13.0. The number of hydrogen-bond donors (Lipinski definition) is 2. The van der Waals surface area contributed by atoms with Gasteiger partial charge in [0.05, 0.1) is 29.9 Å². The molecule has 2 aromatic carbocycles. The summed E-state index contributed by atoms with van der Waals surface area (Å²) < 4.78 is 10.7. The molecule has 0 bridgehead atoms. The number of nitrogens with zero attached hydrogens (tertiary/aromatic N) is 2. The van der Waals surface area contributed by atoms with Gasteiger partial charge in [-0.15, -0.1) is 0 Å². The van der Waals surface area contributed by atoms with E-state index in [0.29, 0.717) is 16.3 Å². The van der Waals surface area contributed by atoms with Crippen LogP contribution < -0.4 is 15.5 Å². The largest absolute Gasteiger partial charge is 0.497 e. The molecule has 0 saturated carbocycles. The smallest absolute Gasteiger partial charge is 0.284 e. The number of halogens is 1. The number of hydrazone groups is 1. The van der Waals surface area contributed by atoms with Gasteiger partial charge >= 0.3 is 0 Å². The molecule has 1 aromatic heterocycles. The fourth-order valence-electron chi connectivity index (χ4n) is 3.15. The zero-order valence-corrected chi connectivity index (χ0v) is 19.9. The lowest BCUT2D eigenvalue weighted by Crippen LogP contribution is -2.48. The van der Waals surface area contributed by atoms with Crippen LogP contribution in [0.25, 0.3) is 11.3 Å². The molecular formula is C24H23ClN4O6. The normalized spacial score (nSPS) is 11.9. The van der Waals surface area contributed by atoms with Gasteiger partial charge in [0.25, 0.3) is 17.5 Å². The number of ether oxygens (including phenoxy) is 1. The van der Waals surface area contributed by atoms with E-state index >= 15 is 0 Å². The summed E-state index contributed by atoms with van der Waals surface area (Å²) in [7, 11) is 1.42. The number of furan rings is 1. The molecular weight excluding hydrogens is 476 g/mol. The second-order valence-corrected chi connectivity index (χ2v) is 8.21. The zero-order valence-electron chi connectivity index (χ0n) is 19.2. The molecule has 3 aromatic rings. The third kappa shape index (κ3) is 6.45. The van der Waals surface area contributed by atoms with E-state index in [1.54, 1.807) is 56.3 Å². The minimum absolute atomic E-state index is 0.174. The number of amides is 2. The van der Waals surface area contributed by atoms with Gasteiger partial charge in [-0.3, -0.25) is 19.7 Å². The molecule has 0 aliphatic carbocycles. The Bertz CT molecular complexity index is 1250. The highest BCUT2D eigenvalue weighted by Crippen LogP contribution is 2.33. The molecule has 0 saturated heterocycles. The number of hydrogen-bond acceptors (Lipinski definition) is 7. The molecule has 35 heavy (non-hydrogen) atoms. The third-order valence-electron chi connectivity index (χ3n) is 5.00. The van der Waals surface area contributed by atoms with Gasteiger partial charge < -0.3 is 14.5 Å². The van der Waals surface area contributed by atoms with Crippen molar-refractivity contribution in [3.05, 3.63) is 81.1 Å². The average Bonchev–Trinajstić information content (AvgIpc) is 3.30. The predicted molar refractivity (Wildman–Crippen MR) is 131 cm³/mol. The Kier molecular flexibility index (Phi) is 8.21. The van der Waals surface area contributed by atoms with Gasteiger partial charge in [0.2, 0.25) is 0 Å². The van der Waals surface area contributed by atoms with Gasteiger partial charge in [-0.2, -0.15) is 5.10 Å². The molecule has 0 aliphatic rings. The highest BCUT2D eigenvalue weighted by Gasteiger charge is 2.24. The van der Waals surface area contributed by atoms with Crippen molar-refractivity contribution in [2.45, 2.75) is 19.9 Å². The van der Waals surface area contributed by atoms with Crippen LogP contribution in [0.3, 0.4) is 0 Å². The van der Waals surface area contributed by atoms with Crippen molar-refractivity contribution in [2.24, 2.45) is 11.0 Å². The van der Waals surface area contributed by atoms with Crippen LogP contribution in [-0.2, 0) is 4.79 Å². The second-order valence-electron chi connectivity index (χ2n) is 7.78. The van der Waals surface area contributed by atoms with E-state index in [9.17, 15) is 19.7 Å². The first kappa shape index (κ1) is 25.4. The number of nitrogens with one attached hydrogen (secondary N) is 2. The summed E-state index contributed by atoms with van der Waals surface area (Å²) in [5.41, 5.74) is 2.84. The molecule has 11 heteroatoms. The summed E-state index contributed by atoms with van der Waals surface area (Å²) >= 11 is 5.85. The van der Waals surface area contributed by atoms with E-state index in [2.05, 4.69) is 15.8 Å². The van der Waals surface area contributed by atoms with Crippen LogP contribution in [0.5, 0.6) is 5.75 Å². The van der Waals surface area contributed by atoms with Crippen LogP contribution in [0.1, 0.15) is 30.0 Å². The van der Waals surface area contributed by atoms with Gasteiger partial charge in [0, 0.05) is 10.6 Å². The van der Waals surface area contributed by atoms with Gasteiger partial charge in [-0.25, -0.2) is 5.43 Å². The summed E-state index contributed by atoms with van der Waals surface area (Å²) in [5.74, 6) is -0.293. The molecule has 0 spiro atoms. The summed E-state index contributed by atoms with van der Waals surface area (Å²) in [6.07, 6.45) is 1.26. The Labute approximate surface area is 206 Å². The Hall–Kier alpha value is -4.18. The van der Waals surface area contributed by atoms with Crippen molar-refractivity contribution in [3.8, 4) is 17.1 Å². The van der Waals surface area contributed by atoms with Gasteiger partial charge in [0.1, 0.15) is 23.3 Å². The van der Waals surface area contributed by atoms with E-state index in [1.807, 2.05) is 0 Å². The van der Waals surface area contributed by atoms with Crippen molar-refractivity contribution < 1.29 is 23.7 Å². The number of benzene rings is 2. The van der Waals surface area contributed by atoms with E-state index in [1.165, 1.54) is 25.5 Å². The molecule has 0 radical (unpaired) electrons. The first-order chi connectivity index (χ1) is 16.7. The molecule has 1 heterocycles. The lowest BCUT2D eigenvalue weighted by molar-refractivity contribution is -0.384. The summed E-state index contributed by atoms with van der Waals surface area (Å²) in [5, 5.41) is 18.5. The van der Waals surface area contributed by atoms with Crippen molar-refractivity contribution in [2.75, 3.05) is 7.11 Å². The van der Waals surface area contributed by atoms with Gasteiger partial charge in [-0.05, 0) is 54.4 Å². The number of methoxy groups -OCH3 is 1. The Balaban J connectivity index is 1.67. The van der Waals surface area contributed by atoms with Crippen molar-refractivity contribution in [1.29, 1.82) is 0 Å². The highest BCUT2D eigenvalue weighted by molar-refractivity contribution is 6.30. The maximum Gasteiger partial charge on any atom is 0.284 e. The van der Waals surface area contributed by atoms with Gasteiger partial charge in [-0.1, -0.05) is 25.4 Å². The van der Waals surface area contributed by atoms with Crippen LogP contribution in [-0.4, -0.2) is 36.1 Å². The second kappa shape index (κ2) is 11.3. The standard InChI is InChI=1S/C24H23ClN4O6/c1-14(2)22(27-23(30)15-4-6-16(25)7-5-15)24(31)28-26-13-18-9-11-21(35-18)19-10-8-17(34-3)12-20(19)29(32)33/h4-14,22H,1-3H3,(H,27,30)(H,28,31). The maximum absolute atomic E-state index is 12.6. The van der Waals surface area contributed by atoms with E-state index < -0.39 is 22.8 Å². The number of nitro groups is 1. The number of carbonyl (C=O) groups excluding carboxylic acids is 2. The fourth-order valence-corrected chi connectivity index (χ4v) is 3.28. The fraction of sp³-hybridized carbons (Fsp3) is 0.208. The van der Waals surface area contributed by atoms with Crippen molar-refractivity contribution >= 4 is 35.3 Å². The van der Waals surface area contributed by atoms with E-state index in [0.717, 1.165) is 0 Å². The molecule has 2 N–H and O–H groups in total. The number of carbonyl (C=O) groups is 2. The van der Waals surface area contributed by atoms with Crippen molar-refractivity contribution in [1.82, 2.24) is 10.7 Å². The van der Waals surface area contributed by atoms with Crippen LogP contribution in [0.4, 0.5) is 5.69 Å². The lowest BCUT2D eigenvalue weighted by Gasteiger charge is -2.20. The molecule has 10 nitrogen and oxygen atoms in total. The van der Waals surface area contributed by atoms with E-state index in [4.69, 9.17) is 20.8 Å². The zero-order chi connectivity index (χ0) is 25.5. The molecule has 1 unspecified atom stereocenters.